The maximum atomic E-state index is 12.4. The van der Waals surface area contributed by atoms with E-state index in [0.717, 1.165) is 16.6 Å². The molecular weight excluding hydrogens is 274 g/mol. The molecule has 0 radical (unpaired) electrons. The van der Waals surface area contributed by atoms with Crippen molar-refractivity contribution in [3.8, 4) is 0 Å². The number of nitrogens with zero attached hydrogens (tertiary/aromatic N) is 4. The highest BCUT2D eigenvalue weighted by molar-refractivity contribution is 6.09. The summed E-state index contributed by atoms with van der Waals surface area (Å²) in [6.45, 7) is 1.72. The van der Waals surface area contributed by atoms with Crippen LogP contribution in [0.4, 0.5) is 5.95 Å². The number of aromatic amines is 1. The molecule has 3 aromatic rings. The van der Waals surface area contributed by atoms with Crippen LogP contribution in [0.1, 0.15) is 16.1 Å². The summed E-state index contributed by atoms with van der Waals surface area (Å²) in [6, 6.07) is 7.48. The van der Waals surface area contributed by atoms with Crippen molar-refractivity contribution in [3.63, 3.8) is 0 Å². The summed E-state index contributed by atoms with van der Waals surface area (Å²) in [5.41, 5.74) is 2.21. The molecule has 0 aliphatic rings. The van der Waals surface area contributed by atoms with E-state index < -0.39 is 10.9 Å². The summed E-state index contributed by atoms with van der Waals surface area (Å²) < 4.78 is 1.17. The third-order valence-corrected chi connectivity index (χ3v) is 3.17. The number of aryl methyl sites for hydroxylation is 1. The summed E-state index contributed by atoms with van der Waals surface area (Å²) in [5, 5.41) is 15.0. The number of H-pyrrole nitrogens is 1. The van der Waals surface area contributed by atoms with Gasteiger partial charge in [-0.25, -0.2) is 0 Å². The number of nitrogens with one attached hydrogen (secondary N) is 1. The number of aromatic nitrogens is 4. The quantitative estimate of drug-likeness (QED) is 0.447. The highest BCUT2D eigenvalue weighted by Gasteiger charge is 2.20. The smallest absolute Gasteiger partial charge is 0.390 e. The lowest BCUT2D eigenvalue weighted by Crippen LogP contribution is -2.12. The van der Waals surface area contributed by atoms with Gasteiger partial charge in [-0.15, -0.1) is 0 Å². The molecule has 0 bridgehead atoms. The molecule has 0 unspecified atom stereocenters. The minimum atomic E-state index is -0.697. The molecule has 0 spiro atoms. The molecule has 0 atom stereocenters. The van der Waals surface area contributed by atoms with Crippen molar-refractivity contribution in [2.24, 2.45) is 0 Å². The van der Waals surface area contributed by atoms with Crippen molar-refractivity contribution >= 4 is 22.6 Å². The number of nitro groups is 1. The SMILES string of the molecule is Cc1[nH]c2ccccc2c1C(=O)Cn1cnc([N+](=O)[O-])n1. The maximum Gasteiger partial charge on any atom is 0.490 e. The second kappa shape index (κ2) is 4.82. The van der Waals surface area contributed by atoms with E-state index in [1.54, 1.807) is 0 Å². The first-order valence-electron chi connectivity index (χ1n) is 6.20. The summed E-state index contributed by atoms with van der Waals surface area (Å²) in [7, 11) is 0. The molecule has 106 valence electrons. The van der Waals surface area contributed by atoms with Gasteiger partial charge < -0.3 is 15.1 Å². The van der Waals surface area contributed by atoms with Gasteiger partial charge in [0.1, 0.15) is 6.54 Å². The molecule has 0 aliphatic carbocycles. The molecule has 2 aromatic heterocycles. The van der Waals surface area contributed by atoms with E-state index in [1.165, 1.54) is 11.0 Å². The number of benzene rings is 1. The van der Waals surface area contributed by atoms with Gasteiger partial charge in [0.25, 0.3) is 0 Å². The first-order valence-corrected chi connectivity index (χ1v) is 6.20. The van der Waals surface area contributed by atoms with Gasteiger partial charge in [-0.3, -0.25) is 4.79 Å². The van der Waals surface area contributed by atoms with Crippen LogP contribution in [0.15, 0.2) is 30.6 Å². The number of carbonyl (C=O) groups is 1. The van der Waals surface area contributed by atoms with Gasteiger partial charge in [0.2, 0.25) is 6.33 Å². The zero-order valence-corrected chi connectivity index (χ0v) is 11.1. The predicted molar refractivity (Wildman–Crippen MR) is 74.0 cm³/mol. The Labute approximate surface area is 118 Å². The van der Waals surface area contributed by atoms with E-state index in [2.05, 4.69) is 15.1 Å². The van der Waals surface area contributed by atoms with Crippen LogP contribution in [0.2, 0.25) is 0 Å². The molecule has 0 fully saturated rings. The monoisotopic (exact) mass is 285 g/mol. The van der Waals surface area contributed by atoms with Gasteiger partial charge in [0.15, 0.2) is 5.78 Å². The molecule has 0 aliphatic heterocycles. The molecule has 2 heterocycles. The largest absolute Gasteiger partial charge is 0.490 e. The lowest BCUT2D eigenvalue weighted by Gasteiger charge is -1.99. The van der Waals surface area contributed by atoms with Gasteiger partial charge in [0.05, 0.1) is 0 Å². The van der Waals surface area contributed by atoms with Crippen LogP contribution in [0.5, 0.6) is 0 Å². The maximum absolute atomic E-state index is 12.4. The van der Waals surface area contributed by atoms with Crippen LogP contribution < -0.4 is 0 Å². The summed E-state index contributed by atoms with van der Waals surface area (Å²) in [4.78, 5) is 28.9. The number of fused-ring (bicyclic) bond motifs is 1. The highest BCUT2D eigenvalue weighted by Crippen LogP contribution is 2.22. The Kier molecular flexibility index (Phi) is 2.98. The van der Waals surface area contributed by atoms with E-state index in [4.69, 9.17) is 0 Å². The molecule has 8 nitrogen and oxygen atoms in total. The number of rotatable bonds is 4. The van der Waals surface area contributed by atoms with Crippen LogP contribution in [0.25, 0.3) is 10.9 Å². The molecule has 0 saturated heterocycles. The highest BCUT2D eigenvalue weighted by atomic mass is 16.6. The number of carbonyl (C=O) groups excluding carboxylic acids is 1. The number of para-hydroxylation sites is 1. The van der Waals surface area contributed by atoms with E-state index in [1.807, 2.05) is 31.2 Å². The van der Waals surface area contributed by atoms with E-state index in [0.29, 0.717) is 5.56 Å². The lowest BCUT2D eigenvalue weighted by atomic mass is 10.1. The standard InChI is InChI=1S/C13H11N5O3/c1-8-12(9-4-2-3-5-10(9)15-8)11(19)6-17-7-14-13(16-17)18(20)21/h2-5,7,15H,6H2,1H3. The van der Waals surface area contributed by atoms with Crippen molar-refractivity contribution < 1.29 is 9.72 Å². The van der Waals surface area contributed by atoms with Crippen molar-refractivity contribution in [1.82, 2.24) is 19.7 Å². The summed E-state index contributed by atoms with van der Waals surface area (Å²) in [6.07, 6.45) is 1.18. The molecule has 21 heavy (non-hydrogen) atoms. The van der Waals surface area contributed by atoms with E-state index >= 15 is 0 Å². The Morgan fingerprint density at radius 1 is 1.43 bits per heavy atom. The lowest BCUT2D eigenvalue weighted by molar-refractivity contribution is -0.394. The number of hydrogen-bond donors (Lipinski definition) is 1. The Bertz CT molecular complexity index is 848. The first-order chi connectivity index (χ1) is 10.1. The topological polar surface area (TPSA) is 107 Å². The Morgan fingerprint density at radius 3 is 2.90 bits per heavy atom. The fraction of sp³-hybridized carbons (Fsp3) is 0.154. The third-order valence-electron chi connectivity index (χ3n) is 3.17. The van der Waals surface area contributed by atoms with Crippen LogP contribution in [-0.4, -0.2) is 30.5 Å². The fourth-order valence-electron chi connectivity index (χ4n) is 2.31. The number of Topliss-reactive ketones (excluding diaryl/α,β-unsaturated/α-hetero) is 1. The van der Waals surface area contributed by atoms with Gasteiger partial charge in [0, 0.05) is 27.3 Å². The Morgan fingerprint density at radius 2 is 2.19 bits per heavy atom. The molecular formula is C13H11N5O3. The Hall–Kier alpha value is -3.03. The molecule has 1 aromatic carbocycles. The molecule has 0 amide bonds. The Balaban J connectivity index is 1.93. The van der Waals surface area contributed by atoms with Crippen LogP contribution >= 0.6 is 0 Å². The van der Waals surface area contributed by atoms with E-state index in [-0.39, 0.29) is 12.3 Å². The van der Waals surface area contributed by atoms with Gasteiger partial charge in [-0.1, -0.05) is 23.2 Å². The number of ketones is 1. The van der Waals surface area contributed by atoms with Crippen LogP contribution in [0.3, 0.4) is 0 Å². The predicted octanol–water partition coefficient (Wildman–Crippen LogP) is 1.86. The normalized spacial score (nSPS) is 10.9. The first kappa shape index (κ1) is 13.0. The second-order valence-corrected chi connectivity index (χ2v) is 4.59. The van der Waals surface area contributed by atoms with Crippen molar-refractivity contribution in [3.05, 3.63) is 52.0 Å². The molecule has 8 heteroatoms. The van der Waals surface area contributed by atoms with Crippen LogP contribution in [0, 0.1) is 17.0 Å². The van der Waals surface area contributed by atoms with E-state index in [9.17, 15) is 14.9 Å². The average Bonchev–Trinajstić information content (AvgIpc) is 3.01. The third kappa shape index (κ3) is 2.27. The van der Waals surface area contributed by atoms with Gasteiger partial charge in [-0.2, -0.15) is 4.68 Å². The van der Waals surface area contributed by atoms with Crippen LogP contribution in [-0.2, 0) is 6.54 Å². The summed E-state index contributed by atoms with van der Waals surface area (Å²) in [5.74, 6) is -0.691. The minimum Gasteiger partial charge on any atom is -0.390 e. The zero-order chi connectivity index (χ0) is 15.0. The molecule has 0 saturated carbocycles. The zero-order valence-electron chi connectivity index (χ0n) is 11.1. The number of hydrogen-bond acceptors (Lipinski definition) is 5. The molecule has 3 rings (SSSR count). The van der Waals surface area contributed by atoms with Gasteiger partial charge >= 0.3 is 5.95 Å². The molecule has 1 N–H and O–H groups in total. The second-order valence-electron chi connectivity index (χ2n) is 4.59. The summed E-state index contributed by atoms with van der Waals surface area (Å²) >= 11 is 0. The van der Waals surface area contributed by atoms with Crippen molar-refractivity contribution in [2.45, 2.75) is 13.5 Å². The average molecular weight is 285 g/mol. The fourth-order valence-corrected chi connectivity index (χ4v) is 2.31. The van der Waals surface area contributed by atoms with Gasteiger partial charge in [-0.05, 0) is 17.9 Å². The van der Waals surface area contributed by atoms with Crippen molar-refractivity contribution in [1.29, 1.82) is 0 Å². The minimum absolute atomic E-state index is 0.0937. The van der Waals surface area contributed by atoms with Crippen molar-refractivity contribution in [2.75, 3.05) is 0 Å².